The summed E-state index contributed by atoms with van der Waals surface area (Å²) in [4.78, 5) is 16.4. The maximum atomic E-state index is 12.7. The van der Waals surface area contributed by atoms with Crippen LogP contribution in [0.3, 0.4) is 0 Å². The Hall–Kier alpha value is -2.54. The highest BCUT2D eigenvalue weighted by Gasteiger charge is 2.34. The maximum absolute atomic E-state index is 12.7. The number of allylic oxidation sites excluding steroid dienone is 1. The first-order valence-corrected chi connectivity index (χ1v) is 6.28. The highest BCUT2D eigenvalue weighted by molar-refractivity contribution is 6.07. The molecule has 0 atom stereocenters. The minimum Gasteiger partial charge on any atom is -0.326 e. The Labute approximate surface area is 124 Å². The van der Waals surface area contributed by atoms with Gasteiger partial charge < -0.3 is 5.32 Å². The van der Waals surface area contributed by atoms with Gasteiger partial charge in [-0.25, -0.2) is 0 Å². The number of carbonyl (C=O) groups is 1. The van der Waals surface area contributed by atoms with Crippen molar-refractivity contribution in [3.63, 3.8) is 0 Å². The Balaban J connectivity index is 2.28. The van der Waals surface area contributed by atoms with Gasteiger partial charge in [-0.2, -0.15) is 13.2 Å². The SMILES string of the molecule is CONC(=CNC(=O)c1cccc2ccccc12)C(F)(F)F. The van der Waals surface area contributed by atoms with Crippen LogP contribution in [0.5, 0.6) is 0 Å². The van der Waals surface area contributed by atoms with Crippen LogP contribution in [0.15, 0.2) is 54.4 Å². The highest BCUT2D eigenvalue weighted by Crippen LogP contribution is 2.23. The molecule has 4 nitrogen and oxygen atoms in total. The number of alkyl halides is 3. The second kappa shape index (κ2) is 6.48. The van der Waals surface area contributed by atoms with Gasteiger partial charge in [0, 0.05) is 11.8 Å². The molecular weight excluding hydrogens is 297 g/mol. The van der Waals surface area contributed by atoms with Crippen molar-refractivity contribution in [3.05, 3.63) is 59.9 Å². The van der Waals surface area contributed by atoms with Gasteiger partial charge >= 0.3 is 6.18 Å². The number of fused-ring (bicyclic) bond motifs is 1. The summed E-state index contributed by atoms with van der Waals surface area (Å²) < 4.78 is 38.0. The molecule has 0 fully saturated rings. The standard InChI is InChI=1S/C15H13F3N2O2/c1-22-20-13(15(16,17)18)9-19-14(21)12-8-4-6-10-5-2-3-7-11(10)12/h2-9,20H,1H3,(H,19,21). The molecule has 2 N–H and O–H groups in total. The van der Waals surface area contributed by atoms with E-state index < -0.39 is 17.8 Å². The Morgan fingerprint density at radius 3 is 2.50 bits per heavy atom. The largest absolute Gasteiger partial charge is 0.434 e. The van der Waals surface area contributed by atoms with E-state index in [0.29, 0.717) is 11.6 Å². The van der Waals surface area contributed by atoms with E-state index >= 15 is 0 Å². The van der Waals surface area contributed by atoms with Crippen molar-refractivity contribution in [3.8, 4) is 0 Å². The normalized spacial score (nSPS) is 12.3. The van der Waals surface area contributed by atoms with Crippen LogP contribution >= 0.6 is 0 Å². The Morgan fingerprint density at radius 2 is 1.82 bits per heavy atom. The predicted octanol–water partition coefficient (Wildman–Crippen LogP) is 3.12. The molecule has 22 heavy (non-hydrogen) atoms. The van der Waals surface area contributed by atoms with Gasteiger partial charge in [0.1, 0.15) is 0 Å². The molecule has 116 valence electrons. The van der Waals surface area contributed by atoms with Gasteiger partial charge in [0.15, 0.2) is 5.70 Å². The van der Waals surface area contributed by atoms with Gasteiger partial charge in [0.25, 0.3) is 5.91 Å². The van der Waals surface area contributed by atoms with Crippen molar-refractivity contribution in [2.75, 3.05) is 7.11 Å². The van der Waals surface area contributed by atoms with Crippen molar-refractivity contribution >= 4 is 16.7 Å². The Morgan fingerprint density at radius 1 is 1.14 bits per heavy atom. The lowest BCUT2D eigenvalue weighted by molar-refractivity contribution is -0.112. The van der Waals surface area contributed by atoms with Gasteiger partial charge in [-0.1, -0.05) is 36.4 Å². The molecule has 0 bridgehead atoms. The summed E-state index contributed by atoms with van der Waals surface area (Å²) in [6.07, 6.45) is -4.13. The molecule has 0 saturated heterocycles. The average molecular weight is 310 g/mol. The third kappa shape index (κ3) is 3.56. The number of rotatable bonds is 4. The number of nitrogens with one attached hydrogen (secondary N) is 2. The van der Waals surface area contributed by atoms with Crippen LogP contribution in [-0.2, 0) is 4.84 Å². The first-order chi connectivity index (χ1) is 10.4. The summed E-state index contributed by atoms with van der Waals surface area (Å²) in [5.74, 6) is -0.642. The molecule has 0 spiro atoms. The van der Waals surface area contributed by atoms with Gasteiger partial charge in [-0.15, -0.1) is 0 Å². The van der Waals surface area contributed by atoms with Crippen LogP contribution in [0.25, 0.3) is 10.8 Å². The summed E-state index contributed by atoms with van der Waals surface area (Å²) in [6, 6.07) is 12.1. The molecule has 0 heterocycles. The predicted molar refractivity (Wildman–Crippen MR) is 75.7 cm³/mol. The number of benzene rings is 2. The lowest BCUT2D eigenvalue weighted by Gasteiger charge is -2.12. The number of hydrogen-bond donors (Lipinski definition) is 2. The van der Waals surface area contributed by atoms with Crippen molar-refractivity contribution in [1.29, 1.82) is 0 Å². The molecule has 2 aromatic carbocycles. The minimum absolute atomic E-state index is 0.285. The first kappa shape index (κ1) is 15.8. The van der Waals surface area contributed by atoms with E-state index in [1.54, 1.807) is 29.7 Å². The van der Waals surface area contributed by atoms with E-state index in [2.05, 4.69) is 10.2 Å². The van der Waals surface area contributed by atoms with E-state index in [1.165, 1.54) is 0 Å². The molecule has 0 radical (unpaired) electrons. The number of amides is 1. The molecule has 1 amide bonds. The maximum Gasteiger partial charge on any atom is 0.434 e. The van der Waals surface area contributed by atoms with Crippen LogP contribution in [0.1, 0.15) is 10.4 Å². The van der Waals surface area contributed by atoms with Gasteiger partial charge in [-0.05, 0) is 16.8 Å². The molecule has 0 unspecified atom stereocenters. The van der Waals surface area contributed by atoms with Crippen LogP contribution in [0, 0.1) is 0 Å². The number of halogens is 3. The zero-order chi connectivity index (χ0) is 16.2. The smallest absolute Gasteiger partial charge is 0.326 e. The summed E-state index contributed by atoms with van der Waals surface area (Å²) in [7, 11) is 1.05. The second-order valence-corrected chi connectivity index (χ2v) is 4.36. The number of hydroxylamine groups is 1. The number of carbonyl (C=O) groups excluding carboxylic acids is 1. The van der Waals surface area contributed by atoms with Crippen molar-refractivity contribution in [1.82, 2.24) is 10.8 Å². The monoisotopic (exact) mass is 310 g/mol. The molecule has 0 aliphatic carbocycles. The summed E-state index contributed by atoms with van der Waals surface area (Å²) in [5, 5.41) is 3.60. The lowest BCUT2D eigenvalue weighted by atomic mass is 10.0. The van der Waals surface area contributed by atoms with Crippen molar-refractivity contribution in [2.24, 2.45) is 0 Å². The summed E-state index contributed by atoms with van der Waals surface area (Å²) >= 11 is 0. The molecule has 0 aliphatic rings. The van der Waals surface area contributed by atoms with Crippen molar-refractivity contribution < 1.29 is 22.8 Å². The fourth-order valence-electron chi connectivity index (χ4n) is 1.92. The zero-order valence-electron chi connectivity index (χ0n) is 11.6. The summed E-state index contributed by atoms with van der Waals surface area (Å²) in [5.41, 5.74) is 0.768. The van der Waals surface area contributed by atoms with Crippen LogP contribution < -0.4 is 10.8 Å². The van der Waals surface area contributed by atoms with E-state index in [-0.39, 0.29) is 5.56 Å². The molecule has 2 aromatic rings. The van der Waals surface area contributed by atoms with Crippen LogP contribution in [-0.4, -0.2) is 19.2 Å². The van der Waals surface area contributed by atoms with E-state index in [4.69, 9.17) is 0 Å². The second-order valence-electron chi connectivity index (χ2n) is 4.36. The highest BCUT2D eigenvalue weighted by atomic mass is 19.4. The van der Waals surface area contributed by atoms with Crippen LogP contribution in [0.2, 0.25) is 0 Å². The quantitative estimate of drug-likeness (QED) is 0.853. The molecular formula is C15H13F3N2O2. The molecule has 0 aromatic heterocycles. The number of hydrogen-bond acceptors (Lipinski definition) is 3. The molecule has 2 rings (SSSR count). The molecule has 7 heteroatoms. The fraction of sp³-hybridized carbons (Fsp3) is 0.133. The Kier molecular flexibility index (Phi) is 4.67. The van der Waals surface area contributed by atoms with Gasteiger partial charge in [0.05, 0.1) is 7.11 Å². The first-order valence-electron chi connectivity index (χ1n) is 6.28. The summed E-state index contributed by atoms with van der Waals surface area (Å²) in [6.45, 7) is 0. The van der Waals surface area contributed by atoms with Crippen molar-refractivity contribution in [2.45, 2.75) is 6.18 Å². The van der Waals surface area contributed by atoms with Crippen LogP contribution in [0.4, 0.5) is 13.2 Å². The zero-order valence-corrected chi connectivity index (χ0v) is 11.6. The molecule has 0 aliphatic heterocycles. The van der Waals surface area contributed by atoms with E-state index in [0.717, 1.165) is 12.5 Å². The average Bonchev–Trinajstić information content (AvgIpc) is 2.49. The topological polar surface area (TPSA) is 50.4 Å². The lowest BCUT2D eigenvalue weighted by Crippen LogP contribution is -2.29. The third-order valence-corrected chi connectivity index (χ3v) is 2.90. The minimum atomic E-state index is -4.66. The van der Waals surface area contributed by atoms with E-state index in [1.807, 2.05) is 18.2 Å². The fourth-order valence-corrected chi connectivity index (χ4v) is 1.92. The Bertz CT molecular complexity index is 706. The van der Waals surface area contributed by atoms with E-state index in [9.17, 15) is 18.0 Å². The third-order valence-electron chi connectivity index (χ3n) is 2.90. The van der Waals surface area contributed by atoms with Gasteiger partial charge in [-0.3, -0.25) is 15.1 Å². The van der Waals surface area contributed by atoms with Gasteiger partial charge in [0.2, 0.25) is 0 Å². The molecule has 0 saturated carbocycles.